The number of carbonyl (C=O) groups excluding carboxylic acids is 1. The first-order valence-corrected chi connectivity index (χ1v) is 5.28. The molecular formula is C10H21NO4. The number of nitrogens with zero attached hydrogens (tertiary/aromatic N) is 1. The standard InChI is InChI=1S/C10H21NO4/c1-3-4-7-15-10(13)11(2)5-8-14-9-6-12/h12H,3-9H2,1-2H3. The van der Waals surface area contributed by atoms with Crippen molar-refractivity contribution in [3.05, 3.63) is 0 Å². The number of unbranched alkanes of at least 4 members (excludes halogenated alkanes) is 1. The lowest BCUT2D eigenvalue weighted by Gasteiger charge is -2.16. The van der Waals surface area contributed by atoms with E-state index in [2.05, 4.69) is 0 Å². The lowest BCUT2D eigenvalue weighted by Crippen LogP contribution is -2.31. The van der Waals surface area contributed by atoms with Gasteiger partial charge in [-0.05, 0) is 6.42 Å². The summed E-state index contributed by atoms with van der Waals surface area (Å²) in [7, 11) is 1.66. The fourth-order valence-electron chi connectivity index (χ4n) is 0.873. The van der Waals surface area contributed by atoms with Gasteiger partial charge in [-0.3, -0.25) is 0 Å². The Morgan fingerprint density at radius 2 is 2.07 bits per heavy atom. The van der Waals surface area contributed by atoms with Gasteiger partial charge in [0.05, 0.1) is 26.4 Å². The molecule has 0 aliphatic carbocycles. The minimum Gasteiger partial charge on any atom is -0.449 e. The summed E-state index contributed by atoms with van der Waals surface area (Å²) in [5.41, 5.74) is 0. The molecule has 1 amide bonds. The highest BCUT2D eigenvalue weighted by atomic mass is 16.6. The Kier molecular flexibility index (Phi) is 9.21. The summed E-state index contributed by atoms with van der Waals surface area (Å²) >= 11 is 0. The Morgan fingerprint density at radius 3 is 2.67 bits per heavy atom. The molecule has 0 rings (SSSR count). The number of ether oxygens (including phenoxy) is 2. The molecule has 0 aromatic carbocycles. The Labute approximate surface area is 91.0 Å². The second-order valence-corrected chi connectivity index (χ2v) is 3.23. The molecule has 0 aromatic rings. The van der Waals surface area contributed by atoms with E-state index >= 15 is 0 Å². The van der Waals surface area contributed by atoms with E-state index in [1.54, 1.807) is 7.05 Å². The first-order chi connectivity index (χ1) is 7.22. The van der Waals surface area contributed by atoms with Gasteiger partial charge in [0.1, 0.15) is 0 Å². The van der Waals surface area contributed by atoms with Gasteiger partial charge in [0.2, 0.25) is 0 Å². The summed E-state index contributed by atoms with van der Waals surface area (Å²) in [6, 6.07) is 0. The zero-order valence-electron chi connectivity index (χ0n) is 9.57. The Hall–Kier alpha value is -0.810. The number of rotatable bonds is 8. The van der Waals surface area contributed by atoms with Crippen LogP contribution in [-0.2, 0) is 9.47 Å². The average Bonchev–Trinajstić information content (AvgIpc) is 2.24. The maximum Gasteiger partial charge on any atom is 0.409 e. The summed E-state index contributed by atoms with van der Waals surface area (Å²) in [5.74, 6) is 0. The second kappa shape index (κ2) is 9.73. The van der Waals surface area contributed by atoms with Gasteiger partial charge in [-0.1, -0.05) is 13.3 Å². The van der Waals surface area contributed by atoms with E-state index in [0.29, 0.717) is 26.4 Å². The minimum absolute atomic E-state index is 0.00462. The van der Waals surface area contributed by atoms with E-state index in [-0.39, 0.29) is 12.7 Å². The zero-order chi connectivity index (χ0) is 11.5. The highest BCUT2D eigenvalue weighted by molar-refractivity contribution is 5.67. The fourth-order valence-corrected chi connectivity index (χ4v) is 0.873. The summed E-state index contributed by atoms with van der Waals surface area (Å²) in [6.07, 6.45) is 1.58. The topological polar surface area (TPSA) is 59.0 Å². The Bertz CT molecular complexity index is 164. The third-order valence-electron chi connectivity index (χ3n) is 1.84. The molecule has 0 saturated heterocycles. The summed E-state index contributed by atoms with van der Waals surface area (Å²) in [6.45, 7) is 3.71. The normalized spacial score (nSPS) is 10.1. The zero-order valence-corrected chi connectivity index (χ0v) is 9.57. The van der Waals surface area contributed by atoms with Crippen LogP contribution in [-0.4, -0.2) is 56.1 Å². The van der Waals surface area contributed by atoms with Crippen molar-refractivity contribution in [1.29, 1.82) is 0 Å². The van der Waals surface area contributed by atoms with Crippen LogP contribution in [0.25, 0.3) is 0 Å². The molecule has 0 heterocycles. The lowest BCUT2D eigenvalue weighted by molar-refractivity contribution is 0.0670. The van der Waals surface area contributed by atoms with Crippen LogP contribution in [0.2, 0.25) is 0 Å². The molecule has 0 unspecified atom stereocenters. The predicted octanol–water partition coefficient (Wildman–Crippen LogP) is 0.864. The fraction of sp³-hybridized carbons (Fsp3) is 0.900. The number of likely N-dealkylation sites (N-methyl/N-ethyl adjacent to an activating group) is 1. The van der Waals surface area contributed by atoms with Crippen molar-refractivity contribution in [2.24, 2.45) is 0 Å². The number of hydrogen-bond acceptors (Lipinski definition) is 4. The van der Waals surface area contributed by atoms with Crippen molar-refractivity contribution in [3.8, 4) is 0 Å². The van der Waals surface area contributed by atoms with Crippen molar-refractivity contribution in [2.45, 2.75) is 19.8 Å². The molecule has 0 radical (unpaired) electrons. The molecule has 0 aliphatic heterocycles. The molecule has 0 fully saturated rings. The summed E-state index contributed by atoms with van der Waals surface area (Å²) < 4.78 is 10.0. The van der Waals surface area contributed by atoms with Gasteiger partial charge in [-0.25, -0.2) is 4.79 Å². The first kappa shape index (κ1) is 14.2. The molecular weight excluding hydrogens is 198 g/mol. The average molecular weight is 219 g/mol. The third-order valence-corrected chi connectivity index (χ3v) is 1.84. The molecule has 0 atom stereocenters. The van der Waals surface area contributed by atoms with Crippen LogP contribution in [0.4, 0.5) is 4.79 Å². The van der Waals surface area contributed by atoms with Crippen LogP contribution in [0.1, 0.15) is 19.8 Å². The van der Waals surface area contributed by atoms with Crippen molar-refractivity contribution in [3.63, 3.8) is 0 Å². The molecule has 0 saturated carbocycles. The van der Waals surface area contributed by atoms with Crippen molar-refractivity contribution in [1.82, 2.24) is 4.90 Å². The molecule has 1 N–H and O–H groups in total. The van der Waals surface area contributed by atoms with Crippen LogP contribution < -0.4 is 0 Å². The van der Waals surface area contributed by atoms with Crippen LogP contribution in [0.3, 0.4) is 0 Å². The minimum atomic E-state index is -0.323. The van der Waals surface area contributed by atoms with E-state index in [4.69, 9.17) is 14.6 Å². The van der Waals surface area contributed by atoms with E-state index in [1.807, 2.05) is 6.92 Å². The van der Waals surface area contributed by atoms with Crippen molar-refractivity contribution in [2.75, 3.05) is 40.0 Å². The van der Waals surface area contributed by atoms with Gasteiger partial charge in [-0.2, -0.15) is 0 Å². The largest absolute Gasteiger partial charge is 0.449 e. The van der Waals surface area contributed by atoms with Gasteiger partial charge < -0.3 is 19.5 Å². The number of carbonyl (C=O) groups is 1. The molecule has 90 valence electrons. The lowest BCUT2D eigenvalue weighted by atomic mass is 10.4. The summed E-state index contributed by atoms with van der Waals surface area (Å²) in [5, 5.41) is 8.45. The Morgan fingerprint density at radius 1 is 1.33 bits per heavy atom. The first-order valence-electron chi connectivity index (χ1n) is 5.28. The van der Waals surface area contributed by atoms with E-state index in [0.717, 1.165) is 12.8 Å². The second-order valence-electron chi connectivity index (χ2n) is 3.23. The van der Waals surface area contributed by atoms with Crippen LogP contribution >= 0.6 is 0 Å². The van der Waals surface area contributed by atoms with E-state index < -0.39 is 0 Å². The maximum absolute atomic E-state index is 11.3. The molecule has 0 bridgehead atoms. The number of aliphatic hydroxyl groups is 1. The van der Waals surface area contributed by atoms with Crippen molar-refractivity contribution >= 4 is 6.09 Å². The molecule has 0 aliphatic rings. The van der Waals surface area contributed by atoms with Gasteiger partial charge in [0.15, 0.2) is 0 Å². The monoisotopic (exact) mass is 219 g/mol. The maximum atomic E-state index is 11.3. The molecule has 5 nitrogen and oxygen atoms in total. The highest BCUT2D eigenvalue weighted by Gasteiger charge is 2.08. The number of amides is 1. The Balaban J connectivity index is 3.42. The predicted molar refractivity (Wildman–Crippen MR) is 56.8 cm³/mol. The number of hydrogen-bond donors (Lipinski definition) is 1. The van der Waals surface area contributed by atoms with Gasteiger partial charge in [0, 0.05) is 13.6 Å². The summed E-state index contributed by atoms with van der Waals surface area (Å²) in [4.78, 5) is 12.7. The molecule has 0 spiro atoms. The molecule has 15 heavy (non-hydrogen) atoms. The quantitative estimate of drug-likeness (QED) is 0.615. The SMILES string of the molecule is CCCCOC(=O)N(C)CCOCCO. The smallest absolute Gasteiger partial charge is 0.409 e. The van der Waals surface area contributed by atoms with Crippen LogP contribution in [0.15, 0.2) is 0 Å². The van der Waals surface area contributed by atoms with Gasteiger partial charge in [-0.15, -0.1) is 0 Å². The highest BCUT2D eigenvalue weighted by Crippen LogP contribution is 1.94. The van der Waals surface area contributed by atoms with Crippen LogP contribution in [0.5, 0.6) is 0 Å². The van der Waals surface area contributed by atoms with Gasteiger partial charge >= 0.3 is 6.09 Å². The number of aliphatic hydroxyl groups excluding tert-OH is 1. The van der Waals surface area contributed by atoms with Crippen LogP contribution in [0, 0.1) is 0 Å². The molecule has 5 heteroatoms. The van der Waals surface area contributed by atoms with E-state index in [9.17, 15) is 4.79 Å². The van der Waals surface area contributed by atoms with Gasteiger partial charge in [0.25, 0.3) is 0 Å². The van der Waals surface area contributed by atoms with E-state index in [1.165, 1.54) is 4.90 Å². The molecule has 0 aromatic heterocycles. The van der Waals surface area contributed by atoms with Crippen molar-refractivity contribution < 1.29 is 19.4 Å². The third kappa shape index (κ3) is 8.20.